The monoisotopic (exact) mass is 409 g/mol. The van der Waals surface area contributed by atoms with Gasteiger partial charge >= 0.3 is 11.9 Å². The summed E-state index contributed by atoms with van der Waals surface area (Å²) >= 11 is 0. The number of hydrogen-bond acceptors (Lipinski definition) is 5. The quantitative estimate of drug-likeness (QED) is 0.438. The van der Waals surface area contributed by atoms with Gasteiger partial charge in [-0.2, -0.15) is 0 Å². The lowest BCUT2D eigenvalue weighted by molar-refractivity contribution is -0.222. The molecule has 0 aromatic heterocycles. The molecule has 160 valence electrons. The Morgan fingerprint density at radius 1 is 1.00 bits per heavy atom. The number of rotatable bonds is 4. The van der Waals surface area contributed by atoms with Crippen LogP contribution in [0.2, 0.25) is 0 Å². The summed E-state index contributed by atoms with van der Waals surface area (Å²) in [7, 11) is 0. The van der Waals surface area contributed by atoms with E-state index >= 15 is 0 Å². The van der Waals surface area contributed by atoms with Gasteiger partial charge in [-0.05, 0) is 85.3 Å². The van der Waals surface area contributed by atoms with Gasteiger partial charge in [0.2, 0.25) is 0 Å². The van der Waals surface area contributed by atoms with Crippen molar-refractivity contribution in [3.63, 3.8) is 0 Å². The lowest BCUT2D eigenvalue weighted by atomic mass is 9.48. The third-order valence-electron chi connectivity index (χ3n) is 7.63. The SMILES string of the molecule is CCc1ccc(C23CC4CC(CC(C4)C2)C3)cc1NC=C1C(=O)OC(C)(C)OC1=O. The van der Waals surface area contributed by atoms with Gasteiger partial charge in [0.1, 0.15) is 0 Å². The average Bonchev–Trinajstić information content (AvgIpc) is 2.65. The fourth-order valence-electron chi connectivity index (χ4n) is 6.74. The first-order valence-corrected chi connectivity index (χ1v) is 11.3. The molecule has 1 heterocycles. The zero-order valence-electron chi connectivity index (χ0n) is 18.1. The molecule has 1 aliphatic heterocycles. The van der Waals surface area contributed by atoms with Crippen molar-refractivity contribution in [1.29, 1.82) is 0 Å². The predicted molar refractivity (Wildman–Crippen MR) is 114 cm³/mol. The topological polar surface area (TPSA) is 64.6 Å². The fraction of sp³-hybridized carbons (Fsp3) is 0.600. The number of aryl methyl sites for hydroxylation is 1. The van der Waals surface area contributed by atoms with Gasteiger partial charge in [0.15, 0.2) is 5.57 Å². The summed E-state index contributed by atoms with van der Waals surface area (Å²) in [6.07, 6.45) is 10.5. The van der Waals surface area contributed by atoms with Gasteiger partial charge in [0.25, 0.3) is 5.79 Å². The van der Waals surface area contributed by atoms with Gasteiger partial charge < -0.3 is 14.8 Å². The number of cyclic esters (lactones) is 2. The lowest BCUT2D eigenvalue weighted by Gasteiger charge is -2.57. The van der Waals surface area contributed by atoms with Gasteiger partial charge in [0, 0.05) is 25.7 Å². The van der Waals surface area contributed by atoms with Crippen molar-refractivity contribution < 1.29 is 19.1 Å². The number of esters is 2. The molecule has 0 unspecified atom stereocenters. The van der Waals surface area contributed by atoms with E-state index in [0.29, 0.717) is 5.41 Å². The molecule has 1 aromatic carbocycles. The third-order valence-corrected chi connectivity index (χ3v) is 7.63. The molecule has 4 saturated carbocycles. The van der Waals surface area contributed by atoms with Gasteiger partial charge in [-0.1, -0.05) is 19.1 Å². The minimum atomic E-state index is -1.22. The standard InChI is InChI=1S/C25H31NO4/c1-4-18-5-6-19(25-11-15-7-16(12-25)9-17(8-15)13-25)10-21(18)26-14-20-22(27)29-24(2,3)30-23(20)28/h5-6,10,14-17,26H,4,7-9,11-13H2,1-3H3. The Labute approximate surface area is 178 Å². The Balaban J connectivity index is 1.43. The predicted octanol–water partition coefficient (Wildman–Crippen LogP) is 4.85. The molecule has 1 aromatic rings. The second-order valence-electron chi connectivity index (χ2n) is 10.3. The van der Waals surface area contributed by atoms with Crippen LogP contribution in [0.1, 0.15) is 70.4 Å². The van der Waals surface area contributed by atoms with E-state index in [-0.39, 0.29) is 5.57 Å². The number of nitrogens with one attached hydrogen (secondary N) is 1. The largest absolute Gasteiger partial charge is 0.419 e. The van der Waals surface area contributed by atoms with Crippen LogP contribution in [-0.4, -0.2) is 17.7 Å². The maximum Gasteiger partial charge on any atom is 0.350 e. The Morgan fingerprint density at radius 3 is 2.10 bits per heavy atom. The van der Waals surface area contributed by atoms with E-state index in [1.165, 1.54) is 55.9 Å². The average molecular weight is 410 g/mol. The van der Waals surface area contributed by atoms with E-state index in [1.807, 2.05) is 0 Å². The lowest BCUT2D eigenvalue weighted by Crippen LogP contribution is -2.48. The number of carbonyl (C=O) groups excluding carboxylic acids is 2. The zero-order chi connectivity index (χ0) is 21.1. The number of ether oxygens (including phenoxy) is 2. The molecule has 1 N–H and O–H groups in total. The van der Waals surface area contributed by atoms with Crippen molar-refractivity contribution in [1.82, 2.24) is 0 Å². The highest BCUT2D eigenvalue weighted by Gasteiger charge is 2.51. The fourth-order valence-corrected chi connectivity index (χ4v) is 6.74. The molecular formula is C25H31NO4. The van der Waals surface area contributed by atoms with Gasteiger partial charge in [-0.25, -0.2) is 9.59 Å². The molecule has 4 aliphatic carbocycles. The maximum atomic E-state index is 12.3. The summed E-state index contributed by atoms with van der Waals surface area (Å²) in [4.78, 5) is 24.5. The van der Waals surface area contributed by atoms with Crippen molar-refractivity contribution in [2.45, 2.75) is 76.9 Å². The summed E-state index contributed by atoms with van der Waals surface area (Å²) in [5.41, 5.74) is 3.74. The normalized spacial score (nSPS) is 33.8. The summed E-state index contributed by atoms with van der Waals surface area (Å²) < 4.78 is 10.4. The molecule has 5 heteroatoms. The van der Waals surface area contributed by atoms with Crippen LogP contribution in [0.15, 0.2) is 30.0 Å². The molecule has 5 fully saturated rings. The first kappa shape index (κ1) is 19.7. The van der Waals surface area contributed by atoms with Crippen molar-refractivity contribution in [3.8, 4) is 0 Å². The van der Waals surface area contributed by atoms with E-state index in [4.69, 9.17) is 9.47 Å². The second kappa shape index (κ2) is 6.86. The number of benzene rings is 1. The highest BCUT2D eigenvalue weighted by atomic mass is 16.7. The smallest absolute Gasteiger partial charge is 0.350 e. The van der Waals surface area contributed by atoms with Crippen LogP contribution in [0.3, 0.4) is 0 Å². The zero-order valence-corrected chi connectivity index (χ0v) is 18.1. The third kappa shape index (κ3) is 3.32. The van der Waals surface area contributed by atoms with Crippen LogP contribution < -0.4 is 5.32 Å². The van der Waals surface area contributed by atoms with E-state index in [2.05, 4.69) is 30.4 Å². The van der Waals surface area contributed by atoms with Crippen molar-refractivity contribution in [3.05, 3.63) is 41.1 Å². The highest BCUT2D eigenvalue weighted by Crippen LogP contribution is 2.60. The van der Waals surface area contributed by atoms with E-state index in [1.54, 1.807) is 13.8 Å². The van der Waals surface area contributed by atoms with Crippen LogP contribution >= 0.6 is 0 Å². The van der Waals surface area contributed by atoms with Crippen molar-refractivity contribution in [2.24, 2.45) is 17.8 Å². The molecule has 0 atom stereocenters. The Bertz CT molecular complexity index is 872. The molecule has 5 nitrogen and oxygen atoms in total. The van der Waals surface area contributed by atoms with E-state index in [9.17, 15) is 9.59 Å². The number of hydrogen-bond donors (Lipinski definition) is 1. The van der Waals surface area contributed by atoms with Crippen LogP contribution in [-0.2, 0) is 30.9 Å². The molecule has 30 heavy (non-hydrogen) atoms. The highest BCUT2D eigenvalue weighted by molar-refractivity contribution is 6.15. The minimum Gasteiger partial charge on any atom is -0.419 e. The maximum absolute atomic E-state index is 12.3. The first-order chi connectivity index (χ1) is 14.3. The number of carbonyl (C=O) groups is 2. The number of anilines is 1. The van der Waals surface area contributed by atoms with Crippen LogP contribution in [0.25, 0.3) is 0 Å². The first-order valence-electron chi connectivity index (χ1n) is 11.3. The molecule has 0 amide bonds. The molecule has 5 aliphatic rings. The van der Waals surface area contributed by atoms with Crippen LogP contribution in [0.4, 0.5) is 5.69 Å². The molecular weight excluding hydrogens is 378 g/mol. The summed E-state index contributed by atoms with van der Waals surface area (Å²) in [6, 6.07) is 6.78. The van der Waals surface area contributed by atoms with Crippen LogP contribution in [0.5, 0.6) is 0 Å². The van der Waals surface area contributed by atoms with Crippen LogP contribution in [0, 0.1) is 17.8 Å². The van der Waals surface area contributed by atoms with Crippen molar-refractivity contribution >= 4 is 17.6 Å². The molecule has 0 spiro atoms. The van der Waals surface area contributed by atoms with Crippen molar-refractivity contribution in [2.75, 3.05) is 5.32 Å². The Hall–Kier alpha value is -2.30. The summed E-state index contributed by atoms with van der Waals surface area (Å²) in [5, 5.41) is 3.23. The Morgan fingerprint density at radius 2 is 1.57 bits per heavy atom. The van der Waals surface area contributed by atoms with Gasteiger partial charge in [0.05, 0.1) is 0 Å². The van der Waals surface area contributed by atoms with Gasteiger partial charge in [-0.15, -0.1) is 0 Å². The molecule has 4 bridgehead atoms. The van der Waals surface area contributed by atoms with E-state index < -0.39 is 17.7 Å². The summed E-state index contributed by atoms with van der Waals surface area (Å²) in [6.45, 7) is 5.22. The summed E-state index contributed by atoms with van der Waals surface area (Å²) in [5.74, 6) is 0.124. The van der Waals surface area contributed by atoms with Gasteiger partial charge in [-0.3, -0.25) is 0 Å². The minimum absolute atomic E-state index is 0.100. The molecule has 1 saturated heterocycles. The Kier molecular flexibility index (Phi) is 4.49. The molecule has 6 rings (SSSR count). The molecule has 0 radical (unpaired) electrons. The second-order valence-corrected chi connectivity index (χ2v) is 10.3. The van der Waals surface area contributed by atoms with E-state index in [0.717, 1.165) is 29.9 Å².